The lowest BCUT2D eigenvalue weighted by molar-refractivity contribution is 0.0398. The first-order valence-electron chi connectivity index (χ1n) is 5.46. The first kappa shape index (κ1) is 9.47. The van der Waals surface area contributed by atoms with Crippen molar-refractivity contribution < 1.29 is 4.74 Å². The number of nitrogens with zero attached hydrogens (tertiary/aromatic N) is 1. The third-order valence-corrected chi connectivity index (χ3v) is 3.29. The summed E-state index contributed by atoms with van der Waals surface area (Å²) < 4.78 is 5.91. The Morgan fingerprint density at radius 2 is 1.77 bits per heavy atom. The largest absolute Gasteiger partial charge is 0.374 e. The molecule has 2 nitrogen and oxygen atoms in total. The van der Waals surface area contributed by atoms with Crippen molar-refractivity contribution in [3.05, 3.63) is 0 Å². The Morgan fingerprint density at radius 1 is 1.08 bits per heavy atom. The molecule has 2 bridgehead atoms. The van der Waals surface area contributed by atoms with Crippen LogP contribution in [-0.2, 0) is 4.74 Å². The molecule has 2 saturated heterocycles. The molecule has 2 heterocycles. The molecule has 0 aromatic heterocycles. The second-order valence-electron chi connectivity index (χ2n) is 5.36. The summed E-state index contributed by atoms with van der Waals surface area (Å²) in [4.78, 5) is 2.57. The molecule has 0 aromatic carbocycles. The van der Waals surface area contributed by atoms with Crippen molar-refractivity contribution >= 4 is 0 Å². The van der Waals surface area contributed by atoms with Crippen LogP contribution in [0.4, 0.5) is 0 Å². The number of fused-ring (bicyclic) bond motifs is 2. The lowest BCUT2D eigenvalue weighted by Gasteiger charge is -2.36. The maximum Gasteiger partial charge on any atom is 0.0706 e. The molecule has 0 amide bonds. The zero-order chi connectivity index (χ0) is 9.47. The van der Waals surface area contributed by atoms with Gasteiger partial charge in [0, 0.05) is 18.6 Å². The van der Waals surface area contributed by atoms with Gasteiger partial charge >= 0.3 is 0 Å². The smallest absolute Gasteiger partial charge is 0.0706 e. The van der Waals surface area contributed by atoms with Gasteiger partial charge in [0.15, 0.2) is 0 Å². The van der Waals surface area contributed by atoms with Gasteiger partial charge in [-0.15, -0.1) is 0 Å². The van der Waals surface area contributed by atoms with Gasteiger partial charge in [-0.05, 0) is 40.0 Å². The SMILES string of the molecule is CC(C)(C)N1CCC2CCC(C1)O2. The number of hydrogen-bond donors (Lipinski definition) is 0. The minimum absolute atomic E-state index is 0.313. The minimum atomic E-state index is 0.313. The van der Waals surface area contributed by atoms with Gasteiger partial charge in [-0.2, -0.15) is 0 Å². The monoisotopic (exact) mass is 183 g/mol. The van der Waals surface area contributed by atoms with Gasteiger partial charge < -0.3 is 4.74 Å². The molecule has 0 radical (unpaired) electrons. The topological polar surface area (TPSA) is 12.5 Å². The molecule has 2 aliphatic heterocycles. The summed E-state index contributed by atoms with van der Waals surface area (Å²) in [6.45, 7) is 9.24. The van der Waals surface area contributed by atoms with Gasteiger partial charge in [0.1, 0.15) is 0 Å². The van der Waals surface area contributed by atoms with Crippen LogP contribution >= 0.6 is 0 Å². The van der Waals surface area contributed by atoms with Gasteiger partial charge in [-0.3, -0.25) is 4.90 Å². The fourth-order valence-corrected chi connectivity index (χ4v) is 2.37. The lowest BCUT2D eigenvalue weighted by Crippen LogP contribution is -2.45. The summed E-state index contributed by atoms with van der Waals surface area (Å²) in [5.74, 6) is 0. The third-order valence-electron chi connectivity index (χ3n) is 3.29. The van der Waals surface area contributed by atoms with Crippen LogP contribution in [0.3, 0.4) is 0 Å². The third kappa shape index (κ3) is 2.05. The van der Waals surface area contributed by atoms with Crippen LogP contribution in [0.15, 0.2) is 0 Å². The van der Waals surface area contributed by atoms with Crippen LogP contribution in [0.25, 0.3) is 0 Å². The zero-order valence-corrected chi connectivity index (χ0v) is 9.05. The van der Waals surface area contributed by atoms with E-state index in [1.807, 2.05) is 0 Å². The van der Waals surface area contributed by atoms with E-state index < -0.39 is 0 Å². The van der Waals surface area contributed by atoms with E-state index in [0.29, 0.717) is 17.7 Å². The molecule has 13 heavy (non-hydrogen) atoms. The predicted molar refractivity (Wildman–Crippen MR) is 53.8 cm³/mol. The molecule has 0 aromatic rings. The van der Waals surface area contributed by atoms with Crippen LogP contribution in [0.2, 0.25) is 0 Å². The predicted octanol–water partition coefficient (Wildman–Crippen LogP) is 2.04. The Balaban J connectivity index is 2.01. The number of rotatable bonds is 0. The first-order valence-corrected chi connectivity index (χ1v) is 5.46. The Kier molecular flexibility index (Phi) is 2.37. The highest BCUT2D eigenvalue weighted by Crippen LogP contribution is 2.29. The van der Waals surface area contributed by atoms with Crippen molar-refractivity contribution in [2.75, 3.05) is 13.1 Å². The van der Waals surface area contributed by atoms with Crippen LogP contribution in [0, 0.1) is 0 Å². The van der Waals surface area contributed by atoms with Crippen LogP contribution in [0.1, 0.15) is 40.0 Å². The van der Waals surface area contributed by atoms with Crippen molar-refractivity contribution in [3.63, 3.8) is 0 Å². The molecule has 0 aliphatic carbocycles. The molecule has 2 heteroatoms. The molecule has 2 fully saturated rings. The van der Waals surface area contributed by atoms with Gasteiger partial charge in [-0.1, -0.05) is 0 Å². The molecular formula is C11H21NO. The Labute approximate surface area is 81.3 Å². The van der Waals surface area contributed by atoms with E-state index in [2.05, 4.69) is 25.7 Å². The summed E-state index contributed by atoms with van der Waals surface area (Å²) in [5, 5.41) is 0. The molecular weight excluding hydrogens is 162 g/mol. The van der Waals surface area contributed by atoms with Crippen LogP contribution in [0.5, 0.6) is 0 Å². The summed E-state index contributed by atoms with van der Waals surface area (Å²) in [5.41, 5.74) is 0.313. The van der Waals surface area contributed by atoms with Crippen LogP contribution in [-0.4, -0.2) is 35.7 Å². The average molecular weight is 183 g/mol. The van der Waals surface area contributed by atoms with Gasteiger partial charge in [0.25, 0.3) is 0 Å². The number of ether oxygens (including phenoxy) is 1. The maximum absolute atomic E-state index is 5.91. The summed E-state index contributed by atoms with van der Waals surface area (Å²) in [6.07, 6.45) is 4.89. The Hall–Kier alpha value is -0.0800. The number of likely N-dealkylation sites (tertiary alicyclic amines) is 1. The van der Waals surface area contributed by atoms with E-state index in [1.165, 1.54) is 25.8 Å². The van der Waals surface area contributed by atoms with Gasteiger partial charge in [0.05, 0.1) is 12.2 Å². The van der Waals surface area contributed by atoms with Crippen molar-refractivity contribution in [2.45, 2.75) is 57.8 Å². The molecule has 0 N–H and O–H groups in total. The summed E-state index contributed by atoms with van der Waals surface area (Å²) in [7, 11) is 0. The Morgan fingerprint density at radius 3 is 2.46 bits per heavy atom. The second-order valence-corrected chi connectivity index (χ2v) is 5.36. The van der Waals surface area contributed by atoms with E-state index in [4.69, 9.17) is 4.74 Å². The Bertz CT molecular complexity index is 185. The first-order chi connectivity index (χ1) is 6.05. The molecule has 2 rings (SSSR count). The normalized spacial score (nSPS) is 36.2. The molecule has 2 atom stereocenters. The quantitative estimate of drug-likeness (QED) is 0.570. The molecule has 0 spiro atoms. The van der Waals surface area contributed by atoms with E-state index in [9.17, 15) is 0 Å². The summed E-state index contributed by atoms with van der Waals surface area (Å²) in [6, 6.07) is 0. The van der Waals surface area contributed by atoms with Crippen molar-refractivity contribution in [1.29, 1.82) is 0 Å². The van der Waals surface area contributed by atoms with Crippen molar-refractivity contribution in [3.8, 4) is 0 Å². The van der Waals surface area contributed by atoms with Crippen molar-refractivity contribution in [1.82, 2.24) is 4.90 Å². The van der Waals surface area contributed by atoms with E-state index in [0.717, 1.165) is 6.54 Å². The van der Waals surface area contributed by atoms with E-state index in [1.54, 1.807) is 0 Å². The lowest BCUT2D eigenvalue weighted by atomic mass is 10.0. The molecule has 2 unspecified atom stereocenters. The fourth-order valence-electron chi connectivity index (χ4n) is 2.37. The van der Waals surface area contributed by atoms with E-state index >= 15 is 0 Å². The van der Waals surface area contributed by atoms with Crippen molar-refractivity contribution in [2.24, 2.45) is 0 Å². The average Bonchev–Trinajstić information content (AvgIpc) is 2.27. The van der Waals surface area contributed by atoms with Crippen LogP contribution < -0.4 is 0 Å². The highest BCUT2D eigenvalue weighted by Gasteiger charge is 2.34. The molecule has 0 saturated carbocycles. The maximum atomic E-state index is 5.91. The summed E-state index contributed by atoms with van der Waals surface area (Å²) >= 11 is 0. The highest BCUT2D eigenvalue weighted by molar-refractivity contribution is 4.86. The van der Waals surface area contributed by atoms with Gasteiger partial charge in [-0.25, -0.2) is 0 Å². The zero-order valence-electron chi connectivity index (χ0n) is 9.05. The molecule has 2 aliphatic rings. The second kappa shape index (κ2) is 3.25. The minimum Gasteiger partial charge on any atom is -0.374 e. The van der Waals surface area contributed by atoms with E-state index in [-0.39, 0.29) is 0 Å². The number of hydrogen-bond acceptors (Lipinski definition) is 2. The van der Waals surface area contributed by atoms with Gasteiger partial charge in [0.2, 0.25) is 0 Å². The highest BCUT2D eigenvalue weighted by atomic mass is 16.5. The fraction of sp³-hybridized carbons (Fsp3) is 1.00. The molecule has 76 valence electrons. The standard InChI is InChI=1S/C11H21NO/c1-11(2,3)12-7-6-9-4-5-10(8-12)13-9/h9-10H,4-8H2,1-3H3.